The van der Waals surface area contributed by atoms with Gasteiger partial charge < -0.3 is 0 Å². The van der Waals surface area contributed by atoms with Crippen molar-refractivity contribution in [3.05, 3.63) is 57.6 Å². The van der Waals surface area contributed by atoms with Crippen LogP contribution in [0, 0.1) is 19.7 Å². The molecule has 5 heteroatoms. The Kier molecular flexibility index (Phi) is 3.76. The van der Waals surface area contributed by atoms with Crippen molar-refractivity contribution in [2.45, 2.75) is 19.7 Å². The molecule has 3 aromatic rings. The average Bonchev–Trinajstić information content (AvgIpc) is 2.80. The number of aryl methyl sites for hydroxylation is 2. The second kappa shape index (κ2) is 5.43. The van der Waals surface area contributed by atoms with Crippen LogP contribution < -0.4 is 0 Å². The lowest BCUT2D eigenvalue weighted by Gasteiger charge is -2.10. The molecule has 0 radical (unpaired) electrons. The van der Waals surface area contributed by atoms with Crippen LogP contribution in [0.5, 0.6) is 0 Å². The van der Waals surface area contributed by atoms with Crippen LogP contribution in [0.25, 0.3) is 16.7 Å². The minimum Gasteiger partial charge on any atom is -0.295 e. The van der Waals surface area contributed by atoms with E-state index >= 15 is 0 Å². The van der Waals surface area contributed by atoms with Gasteiger partial charge in [-0.2, -0.15) is 0 Å². The van der Waals surface area contributed by atoms with E-state index in [1.165, 1.54) is 17.2 Å². The molecule has 1 heterocycles. The van der Waals surface area contributed by atoms with E-state index in [9.17, 15) is 4.39 Å². The first-order chi connectivity index (χ1) is 10.0. The van der Waals surface area contributed by atoms with Crippen LogP contribution in [0.15, 0.2) is 34.8 Å². The first-order valence-electron chi connectivity index (χ1n) is 6.51. The zero-order valence-electron chi connectivity index (χ0n) is 11.6. The standard InChI is InChI=1S/C16H13BrClFN2/c1-9-3-4-11(5-10(9)2)21-15-7-13(19)12(17)6-14(15)20-16(21)8-18/h3-7H,8H2,1-2H3. The van der Waals surface area contributed by atoms with Crippen LogP contribution in [0.1, 0.15) is 17.0 Å². The maximum Gasteiger partial charge on any atom is 0.139 e. The summed E-state index contributed by atoms with van der Waals surface area (Å²) in [5.74, 6) is 0.655. The molecule has 0 aliphatic carbocycles. The molecule has 2 aromatic carbocycles. The number of benzene rings is 2. The van der Waals surface area contributed by atoms with Crippen LogP contribution in [0.4, 0.5) is 4.39 Å². The van der Waals surface area contributed by atoms with Gasteiger partial charge in [-0.05, 0) is 59.1 Å². The maximum atomic E-state index is 13.9. The van der Waals surface area contributed by atoms with Gasteiger partial charge in [0.15, 0.2) is 0 Å². The van der Waals surface area contributed by atoms with Crippen LogP contribution >= 0.6 is 27.5 Å². The Labute approximate surface area is 135 Å². The highest BCUT2D eigenvalue weighted by Gasteiger charge is 2.14. The molecule has 0 aliphatic rings. The monoisotopic (exact) mass is 366 g/mol. The van der Waals surface area contributed by atoms with Crippen LogP contribution in [0.2, 0.25) is 0 Å². The highest BCUT2D eigenvalue weighted by atomic mass is 79.9. The van der Waals surface area contributed by atoms with Crippen molar-refractivity contribution in [3.8, 4) is 5.69 Å². The number of hydrogen-bond donors (Lipinski definition) is 0. The lowest BCUT2D eigenvalue weighted by molar-refractivity contribution is 0.622. The summed E-state index contributed by atoms with van der Waals surface area (Å²) < 4.78 is 16.2. The fourth-order valence-corrected chi connectivity index (χ4v) is 2.88. The van der Waals surface area contributed by atoms with E-state index in [-0.39, 0.29) is 11.7 Å². The van der Waals surface area contributed by atoms with Gasteiger partial charge in [0.25, 0.3) is 0 Å². The molecule has 0 bridgehead atoms. The minimum atomic E-state index is -0.311. The lowest BCUT2D eigenvalue weighted by Crippen LogP contribution is -2.00. The van der Waals surface area contributed by atoms with Crippen molar-refractivity contribution in [2.24, 2.45) is 0 Å². The maximum absolute atomic E-state index is 13.9. The summed E-state index contributed by atoms with van der Waals surface area (Å²) in [4.78, 5) is 4.50. The molecule has 108 valence electrons. The van der Waals surface area contributed by atoms with E-state index < -0.39 is 0 Å². The number of nitrogens with zero attached hydrogens (tertiary/aromatic N) is 2. The fraction of sp³-hybridized carbons (Fsp3) is 0.188. The normalized spacial score (nSPS) is 11.3. The van der Waals surface area contributed by atoms with E-state index in [1.54, 1.807) is 6.07 Å². The number of imidazole rings is 1. The topological polar surface area (TPSA) is 17.8 Å². The van der Waals surface area contributed by atoms with Gasteiger partial charge in [0.05, 0.1) is 21.4 Å². The molecule has 0 saturated carbocycles. The molecule has 0 atom stereocenters. The molecule has 0 N–H and O–H groups in total. The largest absolute Gasteiger partial charge is 0.295 e. The van der Waals surface area contributed by atoms with Crippen molar-refractivity contribution >= 4 is 38.6 Å². The summed E-state index contributed by atoms with van der Waals surface area (Å²) >= 11 is 9.21. The zero-order chi connectivity index (χ0) is 15.1. The van der Waals surface area contributed by atoms with Crippen molar-refractivity contribution in [2.75, 3.05) is 0 Å². The summed E-state index contributed by atoms with van der Waals surface area (Å²) in [6.07, 6.45) is 0. The van der Waals surface area contributed by atoms with Crippen LogP contribution in [-0.4, -0.2) is 9.55 Å². The second-order valence-corrected chi connectivity index (χ2v) is 6.14. The number of halogens is 3. The first kappa shape index (κ1) is 14.5. The molecule has 2 nitrogen and oxygen atoms in total. The first-order valence-corrected chi connectivity index (χ1v) is 7.84. The molecular formula is C16H13BrClFN2. The predicted octanol–water partition coefficient (Wildman–Crippen LogP) is 5.28. The molecule has 0 saturated heterocycles. The van der Waals surface area contributed by atoms with Crippen molar-refractivity contribution < 1.29 is 4.39 Å². The Hall–Kier alpha value is -1.39. The van der Waals surface area contributed by atoms with Gasteiger partial charge in [-0.15, -0.1) is 11.6 Å². The molecule has 3 rings (SSSR count). The summed E-state index contributed by atoms with van der Waals surface area (Å²) in [5, 5.41) is 0. The molecule has 0 fully saturated rings. The Morgan fingerprint density at radius 1 is 1.19 bits per heavy atom. The third-order valence-electron chi connectivity index (χ3n) is 3.63. The van der Waals surface area contributed by atoms with Gasteiger partial charge in [0.1, 0.15) is 11.6 Å². The highest BCUT2D eigenvalue weighted by Crippen LogP contribution is 2.28. The van der Waals surface area contributed by atoms with E-state index in [4.69, 9.17) is 11.6 Å². The van der Waals surface area contributed by atoms with E-state index in [0.717, 1.165) is 16.7 Å². The van der Waals surface area contributed by atoms with Crippen molar-refractivity contribution in [1.82, 2.24) is 9.55 Å². The predicted molar refractivity (Wildman–Crippen MR) is 87.8 cm³/mol. The van der Waals surface area contributed by atoms with Gasteiger partial charge in [-0.3, -0.25) is 4.57 Å². The number of fused-ring (bicyclic) bond motifs is 1. The average molecular weight is 368 g/mol. The molecule has 1 aromatic heterocycles. The van der Waals surface area contributed by atoms with Crippen molar-refractivity contribution in [3.63, 3.8) is 0 Å². The molecule has 0 spiro atoms. The van der Waals surface area contributed by atoms with Gasteiger partial charge in [-0.1, -0.05) is 6.07 Å². The van der Waals surface area contributed by atoms with Gasteiger partial charge in [0, 0.05) is 11.8 Å². The quantitative estimate of drug-likeness (QED) is 0.563. The summed E-state index contributed by atoms with van der Waals surface area (Å²) in [5.41, 5.74) is 4.77. The minimum absolute atomic E-state index is 0.265. The van der Waals surface area contributed by atoms with Crippen LogP contribution in [-0.2, 0) is 5.88 Å². The molecular weight excluding hydrogens is 355 g/mol. The Morgan fingerprint density at radius 3 is 2.62 bits per heavy atom. The Morgan fingerprint density at radius 2 is 1.95 bits per heavy atom. The van der Waals surface area contributed by atoms with Gasteiger partial charge >= 0.3 is 0 Å². The summed E-state index contributed by atoms with van der Waals surface area (Å²) in [7, 11) is 0. The Balaban J connectivity index is 2.34. The number of alkyl halides is 1. The summed E-state index contributed by atoms with van der Waals surface area (Å²) in [6.45, 7) is 4.11. The van der Waals surface area contributed by atoms with Gasteiger partial charge in [-0.25, -0.2) is 9.37 Å². The molecule has 0 aliphatic heterocycles. The Bertz CT molecular complexity index is 842. The number of aromatic nitrogens is 2. The fourth-order valence-electron chi connectivity index (χ4n) is 2.37. The zero-order valence-corrected chi connectivity index (χ0v) is 14.0. The highest BCUT2D eigenvalue weighted by molar-refractivity contribution is 9.10. The molecule has 21 heavy (non-hydrogen) atoms. The van der Waals surface area contributed by atoms with Crippen LogP contribution in [0.3, 0.4) is 0 Å². The third kappa shape index (κ3) is 2.47. The summed E-state index contributed by atoms with van der Waals surface area (Å²) in [6, 6.07) is 9.27. The SMILES string of the molecule is Cc1ccc(-n2c(CCl)nc3cc(Br)c(F)cc32)cc1C. The van der Waals surface area contributed by atoms with E-state index in [2.05, 4.69) is 40.8 Å². The lowest BCUT2D eigenvalue weighted by atomic mass is 10.1. The smallest absolute Gasteiger partial charge is 0.139 e. The number of hydrogen-bond acceptors (Lipinski definition) is 1. The second-order valence-electron chi connectivity index (χ2n) is 5.02. The molecule has 0 amide bonds. The van der Waals surface area contributed by atoms with E-state index in [0.29, 0.717) is 10.3 Å². The van der Waals surface area contributed by atoms with Crippen molar-refractivity contribution in [1.29, 1.82) is 0 Å². The van der Waals surface area contributed by atoms with Gasteiger partial charge in [0.2, 0.25) is 0 Å². The van der Waals surface area contributed by atoms with E-state index in [1.807, 2.05) is 16.7 Å². The molecule has 0 unspecified atom stereocenters. The number of rotatable bonds is 2. The third-order valence-corrected chi connectivity index (χ3v) is 4.48.